The third-order valence-electron chi connectivity index (χ3n) is 4.82. The van der Waals surface area contributed by atoms with Gasteiger partial charge in [0.1, 0.15) is 5.82 Å². The second kappa shape index (κ2) is 7.29. The van der Waals surface area contributed by atoms with E-state index in [1.165, 1.54) is 5.57 Å². The number of rotatable bonds is 4. The molecular formula is C19H22N4O2. The third kappa shape index (κ3) is 3.86. The van der Waals surface area contributed by atoms with E-state index in [0.717, 1.165) is 56.9 Å². The Hall–Kier alpha value is -2.31. The van der Waals surface area contributed by atoms with Gasteiger partial charge in [-0.2, -0.15) is 0 Å². The number of nitrogens with one attached hydrogen (secondary N) is 1. The number of ether oxygens (including phenoxy) is 1. The molecule has 0 aliphatic carbocycles. The molecule has 2 aliphatic rings. The monoisotopic (exact) mass is 338 g/mol. The van der Waals surface area contributed by atoms with Gasteiger partial charge in [0.2, 0.25) is 0 Å². The quantitative estimate of drug-likeness (QED) is 0.863. The Balaban J connectivity index is 1.50. The van der Waals surface area contributed by atoms with E-state index >= 15 is 0 Å². The van der Waals surface area contributed by atoms with Gasteiger partial charge in [-0.15, -0.1) is 0 Å². The van der Waals surface area contributed by atoms with Gasteiger partial charge in [-0.3, -0.25) is 14.7 Å². The number of pyridine rings is 1. The molecule has 0 spiro atoms. The SMILES string of the molecule is O=c1cc(C2CCN(CC3=CCCOC3)C2)nc(-c2ccncc2)[nH]1. The maximum absolute atomic E-state index is 12.1. The van der Waals surface area contributed by atoms with Crippen LogP contribution in [0.15, 0.2) is 47.0 Å². The second-order valence-electron chi connectivity index (χ2n) is 6.68. The Morgan fingerprint density at radius 3 is 3.00 bits per heavy atom. The van der Waals surface area contributed by atoms with Gasteiger partial charge in [0, 0.05) is 43.0 Å². The van der Waals surface area contributed by atoms with Crippen LogP contribution in [0.5, 0.6) is 0 Å². The molecule has 0 amide bonds. The fourth-order valence-corrected chi connectivity index (χ4v) is 3.56. The van der Waals surface area contributed by atoms with E-state index < -0.39 is 0 Å². The first-order chi connectivity index (χ1) is 12.3. The third-order valence-corrected chi connectivity index (χ3v) is 4.82. The first-order valence-electron chi connectivity index (χ1n) is 8.77. The molecule has 25 heavy (non-hydrogen) atoms. The molecule has 6 heteroatoms. The molecule has 2 aliphatic heterocycles. The van der Waals surface area contributed by atoms with Gasteiger partial charge < -0.3 is 9.72 Å². The minimum atomic E-state index is -0.0985. The molecule has 0 radical (unpaired) electrons. The molecule has 2 aromatic heterocycles. The van der Waals surface area contributed by atoms with E-state index in [-0.39, 0.29) is 5.56 Å². The van der Waals surface area contributed by atoms with E-state index in [4.69, 9.17) is 9.72 Å². The molecule has 0 saturated carbocycles. The molecule has 0 bridgehead atoms. The lowest BCUT2D eigenvalue weighted by molar-refractivity contribution is 0.144. The first-order valence-corrected chi connectivity index (χ1v) is 8.77. The Morgan fingerprint density at radius 1 is 1.32 bits per heavy atom. The largest absolute Gasteiger partial charge is 0.377 e. The van der Waals surface area contributed by atoms with Gasteiger partial charge in [-0.1, -0.05) is 6.08 Å². The van der Waals surface area contributed by atoms with Gasteiger partial charge in [0.25, 0.3) is 5.56 Å². The van der Waals surface area contributed by atoms with Gasteiger partial charge in [-0.05, 0) is 37.1 Å². The number of aromatic nitrogens is 3. The van der Waals surface area contributed by atoms with Crippen LogP contribution < -0.4 is 5.56 Å². The molecule has 6 nitrogen and oxygen atoms in total. The van der Waals surface area contributed by atoms with Crippen LogP contribution in [0.25, 0.3) is 11.4 Å². The lowest BCUT2D eigenvalue weighted by Gasteiger charge is -2.20. The average Bonchev–Trinajstić information content (AvgIpc) is 3.11. The van der Waals surface area contributed by atoms with Crippen molar-refractivity contribution in [2.75, 3.05) is 32.8 Å². The van der Waals surface area contributed by atoms with Crippen molar-refractivity contribution in [2.45, 2.75) is 18.8 Å². The summed E-state index contributed by atoms with van der Waals surface area (Å²) in [6, 6.07) is 5.36. The predicted molar refractivity (Wildman–Crippen MR) is 95.4 cm³/mol. The number of hydrogen-bond donors (Lipinski definition) is 1. The lowest BCUT2D eigenvalue weighted by atomic mass is 10.0. The molecule has 1 saturated heterocycles. The van der Waals surface area contributed by atoms with Crippen LogP contribution in [-0.4, -0.2) is 52.7 Å². The smallest absolute Gasteiger partial charge is 0.251 e. The zero-order chi connectivity index (χ0) is 17.1. The van der Waals surface area contributed by atoms with Crippen LogP contribution in [0.2, 0.25) is 0 Å². The molecule has 4 rings (SSSR count). The number of nitrogens with zero attached hydrogens (tertiary/aromatic N) is 3. The van der Waals surface area contributed by atoms with Crippen LogP contribution in [0.4, 0.5) is 0 Å². The van der Waals surface area contributed by atoms with Gasteiger partial charge in [0.05, 0.1) is 18.9 Å². The van der Waals surface area contributed by atoms with Crippen molar-refractivity contribution < 1.29 is 4.74 Å². The summed E-state index contributed by atoms with van der Waals surface area (Å²) in [6.45, 7) is 4.50. The fourth-order valence-electron chi connectivity index (χ4n) is 3.56. The van der Waals surface area contributed by atoms with E-state index in [0.29, 0.717) is 11.7 Å². The summed E-state index contributed by atoms with van der Waals surface area (Å²) in [5.41, 5.74) is 3.03. The van der Waals surface area contributed by atoms with E-state index in [1.54, 1.807) is 18.5 Å². The Labute approximate surface area is 146 Å². The summed E-state index contributed by atoms with van der Waals surface area (Å²) in [4.78, 5) is 26.1. The summed E-state index contributed by atoms with van der Waals surface area (Å²) in [7, 11) is 0. The molecule has 4 heterocycles. The van der Waals surface area contributed by atoms with Crippen molar-refractivity contribution in [2.24, 2.45) is 0 Å². The average molecular weight is 338 g/mol. The van der Waals surface area contributed by atoms with Crippen LogP contribution in [0, 0.1) is 0 Å². The van der Waals surface area contributed by atoms with E-state index in [2.05, 4.69) is 20.9 Å². The predicted octanol–water partition coefficient (Wildman–Crippen LogP) is 1.97. The highest BCUT2D eigenvalue weighted by Crippen LogP contribution is 2.27. The zero-order valence-corrected chi connectivity index (χ0v) is 14.1. The highest BCUT2D eigenvalue weighted by molar-refractivity contribution is 5.53. The van der Waals surface area contributed by atoms with Crippen molar-refractivity contribution in [1.82, 2.24) is 19.9 Å². The highest BCUT2D eigenvalue weighted by Gasteiger charge is 2.26. The lowest BCUT2D eigenvalue weighted by Crippen LogP contribution is -2.26. The summed E-state index contributed by atoms with van der Waals surface area (Å²) < 4.78 is 5.53. The van der Waals surface area contributed by atoms with Crippen LogP contribution in [0.1, 0.15) is 24.5 Å². The van der Waals surface area contributed by atoms with E-state index in [9.17, 15) is 4.79 Å². The minimum Gasteiger partial charge on any atom is -0.377 e. The molecular weight excluding hydrogens is 316 g/mol. The van der Waals surface area contributed by atoms with E-state index in [1.807, 2.05) is 12.1 Å². The Kier molecular flexibility index (Phi) is 4.72. The zero-order valence-electron chi connectivity index (χ0n) is 14.1. The Bertz CT molecular complexity index is 816. The first kappa shape index (κ1) is 16.2. The number of H-pyrrole nitrogens is 1. The molecule has 1 atom stereocenters. The minimum absolute atomic E-state index is 0.0985. The standard InChI is InChI=1S/C19H22N4O2/c24-18-10-17(21-19(22-18)15-3-6-20-7-4-15)16-5-8-23(12-16)11-14-2-1-9-25-13-14/h2-4,6-7,10,16H,1,5,8-9,11-13H2,(H,21,22,24). The summed E-state index contributed by atoms with van der Waals surface area (Å²) in [6.07, 6.45) is 7.75. The highest BCUT2D eigenvalue weighted by atomic mass is 16.5. The number of likely N-dealkylation sites (tertiary alicyclic amines) is 1. The van der Waals surface area contributed by atoms with Crippen LogP contribution in [-0.2, 0) is 4.74 Å². The number of aromatic amines is 1. The summed E-state index contributed by atoms with van der Waals surface area (Å²) >= 11 is 0. The second-order valence-corrected chi connectivity index (χ2v) is 6.68. The van der Waals surface area contributed by atoms with Gasteiger partial charge in [0.15, 0.2) is 0 Å². The van der Waals surface area contributed by atoms with Crippen molar-refractivity contribution in [3.63, 3.8) is 0 Å². The fraction of sp³-hybridized carbons (Fsp3) is 0.421. The van der Waals surface area contributed by atoms with Crippen molar-refractivity contribution in [3.8, 4) is 11.4 Å². The van der Waals surface area contributed by atoms with Gasteiger partial charge in [-0.25, -0.2) is 4.98 Å². The topological polar surface area (TPSA) is 71.1 Å². The molecule has 130 valence electrons. The molecule has 1 N–H and O–H groups in total. The maximum Gasteiger partial charge on any atom is 0.251 e. The Morgan fingerprint density at radius 2 is 2.20 bits per heavy atom. The number of hydrogen-bond acceptors (Lipinski definition) is 5. The van der Waals surface area contributed by atoms with Gasteiger partial charge >= 0.3 is 0 Å². The summed E-state index contributed by atoms with van der Waals surface area (Å²) in [5.74, 6) is 0.916. The van der Waals surface area contributed by atoms with Crippen LogP contribution in [0.3, 0.4) is 0 Å². The van der Waals surface area contributed by atoms with Crippen molar-refractivity contribution in [1.29, 1.82) is 0 Å². The summed E-state index contributed by atoms with van der Waals surface area (Å²) in [5, 5.41) is 0. The van der Waals surface area contributed by atoms with Crippen molar-refractivity contribution >= 4 is 0 Å². The molecule has 1 unspecified atom stereocenters. The molecule has 1 fully saturated rings. The maximum atomic E-state index is 12.1. The van der Waals surface area contributed by atoms with Crippen LogP contribution >= 0.6 is 0 Å². The normalized spacial score (nSPS) is 21.3. The molecule has 2 aromatic rings. The van der Waals surface area contributed by atoms with Crippen molar-refractivity contribution in [3.05, 3.63) is 58.3 Å². The molecule has 0 aromatic carbocycles.